The Balaban J connectivity index is 1.50. The Kier molecular flexibility index (Phi) is 6.44. The normalized spacial score (nSPS) is 15.4. The Morgan fingerprint density at radius 2 is 2.12 bits per heavy atom. The van der Waals surface area contributed by atoms with Gasteiger partial charge in [0.15, 0.2) is 5.82 Å². The minimum Gasteiger partial charge on any atom is -0.497 e. The van der Waals surface area contributed by atoms with Crippen LogP contribution in [0.1, 0.15) is 62.2 Å². The molecule has 9 nitrogen and oxygen atoms in total. The third-order valence-corrected chi connectivity index (χ3v) is 6.81. The summed E-state index contributed by atoms with van der Waals surface area (Å²) in [7, 11) is 1.65. The molecule has 0 spiro atoms. The van der Waals surface area contributed by atoms with Crippen molar-refractivity contribution in [3.05, 3.63) is 70.2 Å². The molecule has 0 unspecified atom stereocenters. The molecule has 1 aromatic carbocycles. The van der Waals surface area contributed by atoms with Gasteiger partial charge in [-0.1, -0.05) is 19.8 Å². The standard InChI is InChI=1S/C25H30N6O3/c1-3-23(24-27-28-29-31(24)16-21-9-6-12-34-21)30(19-7-4-5-8-19)15-18-13-17-14-20(33-2)10-11-22(17)26-25(18)32/h6,9-14,19,23H,3-5,7-8,15-16H2,1-2H3,(H,26,32)/t23-/m0/s1. The van der Waals surface area contributed by atoms with E-state index in [4.69, 9.17) is 9.15 Å². The molecule has 1 aliphatic rings. The van der Waals surface area contributed by atoms with Gasteiger partial charge in [0.25, 0.3) is 5.56 Å². The molecule has 0 radical (unpaired) electrons. The van der Waals surface area contributed by atoms with E-state index in [9.17, 15) is 4.79 Å². The maximum absolute atomic E-state index is 13.0. The summed E-state index contributed by atoms with van der Waals surface area (Å²) in [6.07, 6.45) is 7.09. The van der Waals surface area contributed by atoms with E-state index in [2.05, 4.69) is 32.3 Å². The molecule has 3 aromatic heterocycles. The molecule has 0 aliphatic heterocycles. The van der Waals surface area contributed by atoms with Crippen LogP contribution in [0.5, 0.6) is 5.75 Å². The molecule has 1 aliphatic carbocycles. The van der Waals surface area contributed by atoms with Gasteiger partial charge in [-0.25, -0.2) is 4.68 Å². The van der Waals surface area contributed by atoms with Gasteiger partial charge in [0.1, 0.15) is 18.1 Å². The second-order valence-corrected chi connectivity index (χ2v) is 8.89. The first kappa shape index (κ1) is 22.3. The number of rotatable bonds is 9. The molecule has 3 heterocycles. The molecule has 5 rings (SSSR count). The molecule has 1 N–H and O–H groups in total. The van der Waals surface area contributed by atoms with Gasteiger partial charge in [0, 0.05) is 29.1 Å². The largest absolute Gasteiger partial charge is 0.497 e. The Bertz CT molecular complexity index is 1290. The number of aromatic amines is 1. The smallest absolute Gasteiger partial charge is 0.252 e. The van der Waals surface area contributed by atoms with Gasteiger partial charge in [-0.2, -0.15) is 0 Å². The zero-order valence-corrected chi connectivity index (χ0v) is 19.6. The molecule has 0 amide bonds. The second kappa shape index (κ2) is 9.80. The number of hydrogen-bond acceptors (Lipinski definition) is 7. The lowest BCUT2D eigenvalue weighted by atomic mass is 10.0. The molecule has 178 valence electrons. The third kappa shape index (κ3) is 4.48. The monoisotopic (exact) mass is 462 g/mol. The van der Waals surface area contributed by atoms with Crippen LogP contribution in [0.3, 0.4) is 0 Å². The summed E-state index contributed by atoms with van der Waals surface area (Å²) in [5, 5.41) is 13.6. The van der Waals surface area contributed by atoms with Crippen molar-refractivity contribution in [2.45, 2.75) is 64.2 Å². The fraction of sp³-hybridized carbons (Fsp3) is 0.440. The number of tetrazole rings is 1. The van der Waals surface area contributed by atoms with E-state index in [-0.39, 0.29) is 11.6 Å². The number of H-pyrrole nitrogens is 1. The van der Waals surface area contributed by atoms with E-state index in [0.29, 0.717) is 19.1 Å². The highest BCUT2D eigenvalue weighted by Crippen LogP contribution is 2.34. The van der Waals surface area contributed by atoms with Crippen molar-refractivity contribution in [3.8, 4) is 5.75 Å². The van der Waals surface area contributed by atoms with Crippen molar-refractivity contribution >= 4 is 10.9 Å². The summed E-state index contributed by atoms with van der Waals surface area (Å²) >= 11 is 0. The maximum Gasteiger partial charge on any atom is 0.252 e. The molecule has 9 heteroatoms. The van der Waals surface area contributed by atoms with Crippen molar-refractivity contribution in [3.63, 3.8) is 0 Å². The number of hydrogen-bond donors (Lipinski definition) is 1. The lowest BCUT2D eigenvalue weighted by molar-refractivity contribution is 0.112. The number of nitrogens with one attached hydrogen (secondary N) is 1. The molecule has 4 aromatic rings. The van der Waals surface area contributed by atoms with Crippen molar-refractivity contribution in [2.24, 2.45) is 0 Å². The lowest BCUT2D eigenvalue weighted by Gasteiger charge is -2.35. The minimum atomic E-state index is -0.0642. The number of aromatic nitrogens is 5. The second-order valence-electron chi connectivity index (χ2n) is 8.89. The third-order valence-electron chi connectivity index (χ3n) is 6.81. The van der Waals surface area contributed by atoms with Crippen LogP contribution >= 0.6 is 0 Å². The average Bonchev–Trinajstić information content (AvgIpc) is 3.63. The number of pyridine rings is 1. The highest BCUT2D eigenvalue weighted by atomic mass is 16.5. The highest BCUT2D eigenvalue weighted by Gasteiger charge is 2.32. The van der Waals surface area contributed by atoms with Crippen LogP contribution in [0.25, 0.3) is 10.9 Å². The number of fused-ring (bicyclic) bond motifs is 1. The molecule has 1 atom stereocenters. The lowest BCUT2D eigenvalue weighted by Crippen LogP contribution is -2.39. The van der Waals surface area contributed by atoms with Crippen molar-refractivity contribution < 1.29 is 9.15 Å². The summed E-state index contributed by atoms with van der Waals surface area (Å²) in [6, 6.07) is 11.8. The van der Waals surface area contributed by atoms with Crippen LogP contribution in [0.2, 0.25) is 0 Å². The maximum atomic E-state index is 13.0. The van der Waals surface area contributed by atoms with E-state index in [1.807, 2.05) is 41.1 Å². The predicted molar refractivity (Wildman–Crippen MR) is 128 cm³/mol. The number of nitrogens with zero attached hydrogens (tertiary/aromatic N) is 5. The summed E-state index contributed by atoms with van der Waals surface area (Å²) in [5.74, 6) is 2.36. The van der Waals surface area contributed by atoms with Gasteiger partial charge < -0.3 is 14.1 Å². The molecule has 1 fully saturated rings. The van der Waals surface area contributed by atoms with Gasteiger partial charge in [-0.3, -0.25) is 9.69 Å². The fourth-order valence-electron chi connectivity index (χ4n) is 5.08. The molecule has 0 saturated heterocycles. The Morgan fingerprint density at radius 3 is 2.85 bits per heavy atom. The van der Waals surface area contributed by atoms with Crippen LogP contribution < -0.4 is 10.3 Å². The molecular formula is C25H30N6O3. The van der Waals surface area contributed by atoms with E-state index >= 15 is 0 Å². The fourth-order valence-corrected chi connectivity index (χ4v) is 5.08. The highest BCUT2D eigenvalue weighted by molar-refractivity contribution is 5.80. The van der Waals surface area contributed by atoms with E-state index in [1.165, 1.54) is 12.8 Å². The summed E-state index contributed by atoms with van der Waals surface area (Å²) in [6.45, 7) is 3.15. The van der Waals surface area contributed by atoms with Gasteiger partial charge in [0.2, 0.25) is 0 Å². The minimum absolute atomic E-state index is 0.0199. The average molecular weight is 463 g/mol. The van der Waals surface area contributed by atoms with Crippen LogP contribution in [-0.2, 0) is 13.1 Å². The van der Waals surface area contributed by atoms with Crippen LogP contribution in [-0.4, -0.2) is 43.2 Å². The van der Waals surface area contributed by atoms with Crippen LogP contribution in [0.15, 0.2) is 51.9 Å². The van der Waals surface area contributed by atoms with E-state index < -0.39 is 0 Å². The number of benzene rings is 1. The first-order chi connectivity index (χ1) is 16.7. The molecule has 0 bridgehead atoms. The molecular weight excluding hydrogens is 432 g/mol. The van der Waals surface area contributed by atoms with Gasteiger partial charge in [-0.15, -0.1) is 5.10 Å². The molecule has 34 heavy (non-hydrogen) atoms. The van der Waals surface area contributed by atoms with Crippen molar-refractivity contribution in [1.29, 1.82) is 0 Å². The summed E-state index contributed by atoms with van der Waals surface area (Å²) < 4.78 is 12.7. The predicted octanol–water partition coefficient (Wildman–Crippen LogP) is 4.06. The van der Waals surface area contributed by atoms with E-state index in [0.717, 1.165) is 53.1 Å². The summed E-state index contributed by atoms with van der Waals surface area (Å²) in [5.41, 5.74) is 1.47. The quantitative estimate of drug-likeness (QED) is 0.400. The van der Waals surface area contributed by atoms with Crippen LogP contribution in [0.4, 0.5) is 0 Å². The number of furan rings is 1. The Morgan fingerprint density at radius 1 is 1.26 bits per heavy atom. The zero-order valence-electron chi connectivity index (χ0n) is 19.6. The Labute approximate surface area is 197 Å². The number of ether oxygens (including phenoxy) is 1. The van der Waals surface area contributed by atoms with Gasteiger partial charge in [0.05, 0.1) is 19.4 Å². The van der Waals surface area contributed by atoms with Gasteiger partial charge in [-0.05, 0) is 66.1 Å². The van der Waals surface area contributed by atoms with Crippen molar-refractivity contribution in [1.82, 2.24) is 30.1 Å². The first-order valence-electron chi connectivity index (χ1n) is 11.9. The number of methoxy groups -OCH3 is 1. The van der Waals surface area contributed by atoms with Crippen LogP contribution in [0, 0.1) is 0 Å². The zero-order chi connectivity index (χ0) is 23.5. The first-order valence-corrected chi connectivity index (χ1v) is 11.9. The SMILES string of the molecule is CC[C@@H](c1nnnn1Cc1ccco1)N(Cc1cc2cc(OC)ccc2[nH]c1=O)C1CCCC1. The molecule has 1 saturated carbocycles. The Hall–Kier alpha value is -3.46. The van der Waals surface area contributed by atoms with Crippen molar-refractivity contribution in [2.75, 3.05) is 7.11 Å². The van der Waals surface area contributed by atoms with Gasteiger partial charge >= 0.3 is 0 Å². The van der Waals surface area contributed by atoms with E-state index in [1.54, 1.807) is 13.4 Å². The summed E-state index contributed by atoms with van der Waals surface area (Å²) in [4.78, 5) is 18.5. The topological polar surface area (TPSA) is 102 Å².